The number of fused-ring (bicyclic) bond motifs is 2. The summed E-state index contributed by atoms with van der Waals surface area (Å²) in [6.45, 7) is 4.89. The number of nitrogens with zero attached hydrogens (tertiary/aromatic N) is 1. The SMILES string of the molecule is COc1ccc(CCN2C(=O)CC(SC[C@]34CC[C@H](C[C@H]3O)C4(C)C)C2=O)cc1OC. The molecule has 1 unspecified atom stereocenters. The molecule has 1 aromatic carbocycles. The van der Waals surface area contributed by atoms with Crippen molar-refractivity contribution in [2.75, 3.05) is 26.5 Å². The summed E-state index contributed by atoms with van der Waals surface area (Å²) >= 11 is 1.58. The van der Waals surface area contributed by atoms with Gasteiger partial charge in [-0.3, -0.25) is 14.5 Å². The van der Waals surface area contributed by atoms with Crippen LogP contribution in [0.3, 0.4) is 0 Å². The lowest BCUT2D eigenvalue weighted by Crippen LogP contribution is -2.42. The van der Waals surface area contributed by atoms with E-state index in [9.17, 15) is 14.7 Å². The molecule has 1 saturated heterocycles. The summed E-state index contributed by atoms with van der Waals surface area (Å²) in [6.07, 6.45) is 3.55. The molecular weight excluding hydrogens is 414 g/mol. The number of methoxy groups -OCH3 is 2. The average Bonchev–Trinajstić information content (AvgIpc) is 3.24. The van der Waals surface area contributed by atoms with E-state index in [1.807, 2.05) is 18.2 Å². The van der Waals surface area contributed by atoms with Gasteiger partial charge in [0.1, 0.15) is 0 Å². The Bertz CT molecular complexity index is 872. The number of hydrogen-bond acceptors (Lipinski definition) is 6. The molecule has 4 atom stereocenters. The maximum Gasteiger partial charge on any atom is 0.242 e. The number of thioether (sulfide) groups is 1. The van der Waals surface area contributed by atoms with Gasteiger partial charge in [0.15, 0.2) is 11.5 Å². The molecule has 4 rings (SSSR count). The van der Waals surface area contributed by atoms with E-state index in [1.165, 1.54) is 4.90 Å². The molecule has 31 heavy (non-hydrogen) atoms. The van der Waals surface area contributed by atoms with Crippen LogP contribution in [0.4, 0.5) is 0 Å². The number of rotatable bonds is 8. The van der Waals surface area contributed by atoms with Crippen molar-refractivity contribution in [2.24, 2.45) is 16.7 Å². The molecule has 1 aromatic rings. The summed E-state index contributed by atoms with van der Waals surface area (Å²) in [5.41, 5.74) is 0.928. The van der Waals surface area contributed by atoms with E-state index in [-0.39, 0.29) is 40.4 Å². The molecule has 1 aliphatic heterocycles. The van der Waals surface area contributed by atoms with E-state index in [1.54, 1.807) is 26.0 Å². The summed E-state index contributed by atoms with van der Waals surface area (Å²) in [5.74, 6) is 2.40. The highest BCUT2D eigenvalue weighted by molar-refractivity contribution is 8.00. The Labute approximate surface area is 188 Å². The van der Waals surface area contributed by atoms with Gasteiger partial charge in [-0.05, 0) is 54.7 Å². The fourth-order valence-corrected chi connectivity index (χ4v) is 7.66. The summed E-state index contributed by atoms with van der Waals surface area (Å²) in [4.78, 5) is 27.0. The minimum atomic E-state index is -0.338. The maximum absolute atomic E-state index is 13.0. The number of imide groups is 1. The van der Waals surface area contributed by atoms with Gasteiger partial charge in [-0.15, -0.1) is 11.8 Å². The van der Waals surface area contributed by atoms with E-state index in [2.05, 4.69) is 13.8 Å². The number of carbonyl (C=O) groups excluding carboxylic acids is 2. The molecular formula is C24H33NO5S. The summed E-state index contributed by atoms with van der Waals surface area (Å²) in [5, 5.41) is 10.4. The number of hydrogen-bond donors (Lipinski definition) is 1. The first-order valence-electron chi connectivity index (χ1n) is 11.1. The van der Waals surface area contributed by atoms with Crippen LogP contribution in [-0.2, 0) is 16.0 Å². The second-order valence-corrected chi connectivity index (χ2v) is 10.9. The smallest absolute Gasteiger partial charge is 0.242 e. The lowest BCUT2D eigenvalue weighted by atomic mass is 9.70. The predicted octanol–water partition coefficient (Wildman–Crippen LogP) is 3.29. The molecule has 2 amide bonds. The molecule has 170 valence electrons. The van der Waals surface area contributed by atoms with Gasteiger partial charge in [0.25, 0.3) is 0 Å². The Morgan fingerprint density at radius 2 is 1.94 bits per heavy atom. The van der Waals surface area contributed by atoms with Crippen LogP contribution in [0.1, 0.15) is 45.1 Å². The monoisotopic (exact) mass is 447 g/mol. The van der Waals surface area contributed by atoms with Gasteiger partial charge in [-0.25, -0.2) is 0 Å². The highest BCUT2D eigenvalue weighted by Gasteiger charge is 2.63. The van der Waals surface area contributed by atoms with Crippen molar-refractivity contribution in [1.29, 1.82) is 0 Å². The number of aliphatic hydroxyl groups excluding tert-OH is 1. The molecule has 0 spiro atoms. The topological polar surface area (TPSA) is 76.1 Å². The predicted molar refractivity (Wildman–Crippen MR) is 120 cm³/mol. The normalized spacial score (nSPS) is 31.5. The van der Waals surface area contributed by atoms with Crippen LogP contribution < -0.4 is 9.47 Å². The van der Waals surface area contributed by atoms with Crippen LogP contribution in [-0.4, -0.2) is 59.7 Å². The third kappa shape index (κ3) is 3.63. The van der Waals surface area contributed by atoms with Gasteiger partial charge in [0, 0.05) is 24.1 Å². The Hall–Kier alpha value is -1.73. The summed E-state index contributed by atoms with van der Waals surface area (Å²) in [6, 6.07) is 5.65. The molecule has 3 aliphatic rings. The number of benzene rings is 1. The standard InChI is InChI=1S/C24H33NO5S/c1-23(2)16-7-9-24(23,20(26)12-16)14-31-19-13-21(27)25(22(19)28)10-8-15-5-6-17(29-3)18(11-15)30-4/h5-6,11,16,19-20,26H,7-10,12-14H2,1-4H3/t16-,19?,20-,24-/m1/s1. The van der Waals surface area contributed by atoms with Crippen LogP contribution in [0.25, 0.3) is 0 Å². The number of likely N-dealkylation sites (tertiary alicyclic amines) is 1. The zero-order chi connectivity index (χ0) is 22.4. The fraction of sp³-hybridized carbons (Fsp3) is 0.667. The molecule has 1 heterocycles. The van der Waals surface area contributed by atoms with Crippen molar-refractivity contribution in [2.45, 2.75) is 57.3 Å². The van der Waals surface area contributed by atoms with Crippen molar-refractivity contribution < 1.29 is 24.2 Å². The minimum Gasteiger partial charge on any atom is -0.493 e. The lowest BCUT2D eigenvalue weighted by Gasteiger charge is -2.40. The zero-order valence-corrected chi connectivity index (χ0v) is 19.7. The van der Waals surface area contributed by atoms with E-state index in [0.717, 1.165) is 30.6 Å². The molecule has 1 N–H and O–H groups in total. The van der Waals surface area contributed by atoms with Gasteiger partial charge in [-0.2, -0.15) is 0 Å². The van der Waals surface area contributed by atoms with E-state index in [0.29, 0.717) is 30.4 Å². The zero-order valence-electron chi connectivity index (χ0n) is 18.8. The first-order valence-corrected chi connectivity index (χ1v) is 12.1. The van der Waals surface area contributed by atoms with Crippen LogP contribution in [0.5, 0.6) is 11.5 Å². The largest absolute Gasteiger partial charge is 0.493 e. The Balaban J connectivity index is 1.37. The number of amides is 2. The third-order valence-corrected chi connectivity index (χ3v) is 9.66. The first kappa shape index (κ1) is 22.5. The van der Waals surface area contributed by atoms with Crippen molar-refractivity contribution in [3.8, 4) is 11.5 Å². The van der Waals surface area contributed by atoms with Crippen LogP contribution in [0.15, 0.2) is 18.2 Å². The second-order valence-electron chi connectivity index (χ2n) is 9.69. The van der Waals surface area contributed by atoms with Crippen LogP contribution >= 0.6 is 11.8 Å². The fourth-order valence-electron chi connectivity index (χ4n) is 5.92. The molecule has 0 aromatic heterocycles. The molecule has 2 saturated carbocycles. The number of ether oxygens (including phenoxy) is 2. The Morgan fingerprint density at radius 3 is 2.55 bits per heavy atom. The van der Waals surface area contributed by atoms with Gasteiger partial charge in [-0.1, -0.05) is 19.9 Å². The van der Waals surface area contributed by atoms with Gasteiger partial charge >= 0.3 is 0 Å². The Morgan fingerprint density at radius 1 is 1.19 bits per heavy atom. The van der Waals surface area contributed by atoms with Gasteiger partial charge < -0.3 is 14.6 Å². The highest BCUT2D eigenvalue weighted by Crippen LogP contribution is 2.66. The van der Waals surface area contributed by atoms with E-state index in [4.69, 9.17) is 9.47 Å². The van der Waals surface area contributed by atoms with Gasteiger partial charge in [0.2, 0.25) is 11.8 Å². The first-order chi connectivity index (χ1) is 14.7. The van der Waals surface area contributed by atoms with E-state index < -0.39 is 0 Å². The molecule has 2 bridgehead atoms. The quantitative estimate of drug-likeness (QED) is 0.617. The van der Waals surface area contributed by atoms with Crippen molar-refractivity contribution in [3.63, 3.8) is 0 Å². The van der Waals surface area contributed by atoms with Crippen molar-refractivity contribution in [1.82, 2.24) is 4.90 Å². The minimum absolute atomic E-state index is 0.0815. The second kappa shape index (κ2) is 8.32. The number of carbonyl (C=O) groups is 2. The molecule has 0 radical (unpaired) electrons. The van der Waals surface area contributed by atoms with Gasteiger partial charge in [0.05, 0.1) is 25.6 Å². The van der Waals surface area contributed by atoms with E-state index >= 15 is 0 Å². The van der Waals surface area contributed by atoms with Crippen LogP contribution in [0, 0.1) is 16.7 Å². The molecule has 2 aliphatic carbocycles. The summed E-state index contributed by atoms with van der Waals surface area (Å²) < 4.78 is 10.6. The molecule has 6 nitrogen and oxygen atoms in total. The third-order valence-electron chi connectivity index (χ3n) is 8.21. The molecule has 7 heteroatoms. The average molecular weight is 448 g/mol. The van der Waals surface area contributed by atoms with Crippen molar-refractivity contribution in [3.05, 3.63) is 23.8 Å². The highest BCUT2D eigenvalue weighted by atomic mass is 32.2. The van der Waals surface area contributed by atoms with Crippen LogP contribution in [0.2, 0.25) is 0 Å². The summed E-state index contributed by atoms with van der Waals surface area (Å²) in [7, 11) is 3.18. The maximum atomic E-state index is 13.0. The molecule has 3 fully saturated rings. The Kier molecular flexibility index (Phi) is 6.03. The van der Waals surface area contributed by atoms with Crippen molar-refractivity contribution >= 4 is 23.6 Å². The number of aliphatic hydroxyl groups is 1. The lowest BCUT2D eigenvalue weighted by molar-refractivity contribution is -0.138.